The highest BCUT2D eigenvalue weighted by Crippen LogP contribution is 2.18. The molecule has 1 heterocycles. The van der Waals surface area contributed by atoms with Gasteiger partial charge in [-0.3, -0.25) is 0 Å². The Morgan fingerprint density at radius 2 is 2.00 bits per heavy atom. The van der Waals surface area contributed by atoms with E-state index in [0.717, 1.165) is 4.47 Å². The molecule has 0 aliphatic rings. The van der Waals surface area contributed by atoms with Crippen LogP contribution in [0.1, 0.15) is 5.89 Å². The summed E-state index contributed by atoms with van der Waals surface area (Å²) in [6.45, 7) is -0.412. The smallest absolute Gasteiger partial charge is 0.344 e. The van der Waals surface area contributed by atoms with Crippen LogP contribution in [-0.4, -0.2) is 22.7 Å². The van der Waals surface area contributed by atoms with Gasteiger partial charge in [-0.2, -0.15) is 4.98 Å². The van der Waals surface area contributed by atoms with Crippen LogP contribution in [0.2, 0.25) is 0 Å². The molecule has 0 amide bonds. The number of nitrogens with zero attached hydrogens (tertiary/aromatic N) is 2. The van der Waals surface area contributed by atoms with Crippen molar-refractivity contribution in [2.45, 2.75) is 6.61 Å². The summed E-state index contributed by atoms with van der Waals surface area (Å²) in [4.78, 5) is 15.8. The van der Waals surface area contributed by atoms with Crippen LogP contribution >= 0.6 is 15.9 Å². The van der Waals surface area contributed by atoms with E-state index < -0.39 is 5.97 Å². The zero-order valence-corrected chi connectivity index (χ0v) is 14.4. The van der Waals surface area contributed by atoms with Gasteiger partial charge >= 0.3 is 5.97 Å². The zero-order chi connectivity index (χ0) is 17.6. The summed E-state index contributed by atoms with van der Waals surface area (Å²) >= 11 is 3.31. The Kier molecular flexibility index (Phi) is 5.39. The first-order valence-electron chi connectivity index (χ1n) is 7.23. The molecule has 0 aliphatic heterocycles. The van der Waals surface area contributed by atoms with Gasteiger partial charge in [-0.1, -0.05) is 27.2 Å². The van der Waals surface area contributed by atoms with Gasteiger partial charge in [0.15, 0.2) is 13.2 Å². The summed E-state index contributed by atoms with van der Waals surface area (Å²) in [5.41, 5.74) is 0.598. The van der Waals surface area contributed by atoms with Crippen molar-refractivity contribution < 1.29 is 23.2 Å². The monoisotopic (exact) mass is 406 g/mol. The number of aromatic nitrogens is 2. The van der Waals surface area contributed by atoms with E-state index in [1.807, 2.05) is 6.07 Å². The molecule has 0 unspecified atom stereocenters. The third kappa shape index (κ3) is 4.87. The van der Waals surface area contributed by atoms with Crippen LogP contribution < -0.4 is 4.74 Å². The standard InChI is InChI=1S/C17H12BrFN2O4/c18-12-2-1-3-14(8-12)23-10-16(22)24-9-15-20-17(21-25-15)11-4-6-13(19)7-5-11/h1-8H,9-10H2. The van der Waals surface area contributed by atoms with Gasteiger partial charge in [0.25, 0.3) is 5.89 Å². The van der Waals surface area contributed by atoms with E-state index in [9.17, 15) is 9.18 Å². The van der Waals surface area contributed by atoms with E-state index >= 15 is 0 Å². The Morgan fingerprint density at radius 1 is 1.20 bits per heavy atom. The van der Waals surface area contributed by atoms with Gasteiger partial charge in [0.1, 0.15) is 11.6 Å². The van der Waals surface area contributed by atoms with Crippen molar-refractivity contribution >= 4 is 21.9 Å². The lowest BCUT2D eigenvalue weighted by Crippen LogP contribution is -2.14. The molecule has 2 aromatic carbocycles. The second kappa shape index (κ2) is 7.89. The summed E-state index contributed by atoms with van der Waals surface area (Å²) in [5.74, 6) is 0.0441. The van der Waals surface area contributed by atoms with Crippen molar-refractivity contribution in [3.63, 3.8) is 0 Å². The molecular formula is C17H12BrFN2O4. The molecule has 3 aromatic rings. The van der Waals surface area contributed by atoms with Crippen molar-refractivity contribution in [1.82, 2.24) is 10.1 Å². The Bertz CT molecular complexity index is 867. The van der Waals surface area contributed by atoms with Crippen LogP contribution in [0.5, 0.6) is 5.75 Å². The molecule has 6 nitrogen and oxygen atoms in total. The molecule has 25 heavy (non-hydrogen) atoms. The van der Waals surface area contributed by atoms with Gasteiger partial charge in [0, 0.05) is 10.0 Å². The van der Waals surface area contributed by atoms with Gasteiger partial charge in [-0.25, -0.2) is 9.18 Å². The molecule has 0 bridgehead atoms. The minimum absolute atomic E-state index is 0.134. The Hall–Kier alpha value is -2.74. The van der Waals surface area contributed by atoms with Gasteiger partial charge in [0.2, 0.25) is 5.82 Å². The topological polar surface area (TPSA) is 74.5 Å². The van der Waals surface area contributed by atoms with Gasteiger partial charge in [0.05, 0.1) is 0 Å². The summed E-state index contributed by atoms with van der Waals surface area (Å²) in [7, 11) is 0. The van der Waals surface area contributed by atoms with Gasteiger partial charge in [-0.05, 0) is 42.5 Å². The van der Waals surface area contributed by atoms with Crippen molar-refractivity contribution in [2.24, 2.45) is 0 Å². The number of hydrogen-bond acceptors (Lipinski definition) is 6. The molecule has 128 valence electrons. The molecule has 0 radical (unpaired) electrons. The molecule has 3 rings (SSSR count). The largest absolute Gasteiger partial charge is 0.482 e. The zero-order valence-electron chi connectivity index (χ0n) is 12.8. The van der Waals surface area contributed by atoms with E-state index in [1.165, 1.54) is 24.3 Å². The molecule has 0 N–H and O–H groups in total. The maximum atomic E-state index is 12.9. The number of carbonyl (C=O) groups excluding carboxylic acids is 1. The van der Waals surface area contributed by atoms with E-state index in [1.54, 1.807) is 18.2 Å². The molecule has 1 aromatic heterocycles. The summed E-state index contributed by atoms with van der Waals surface area (Å²) in [6, 6.07) is 12.8. The van der Waals surface area contributed by atoms with Crippen LogP contribution in [0.3, 0.4) is 0 Å². The third-order valence-electron chi connectivity index (χ3n) is 3.08. The fourth-order valence-electron chi connectivity index (χ4n) is 1.91. The molecule has 8 heteroatoms. The summed E-state index contributed by atoms with van der Waals surface area (Å²) in [5, 5.41) is 3.76. The lowest BCUT2D eigenvalue weighted by Gasteiger charge is -2.05. The van der Waals surface area contributed by atoms with Crippen molar-refractivity contribution in [3.8, 4) is 17.1 Å². The first-order valence-corrected chi connectivity index (χ1v) is 8.02. The van der Waals surface area contributed by atoms with E-state index in [-0.39, 0.29) is 30.7 Å². The number of hydrogen-bond donors (Lipinski definition) is 0. The van der Waals surface area contributed by atoms with Gasteiger partial charge in [-0.15, -0.1) is 0 Å². The lowest BCUT2D eigenvalue weighted by atomic mass is 10.2. The highest BCUT2D eigenvalue weighted by Gasteiger charge is 2.12. The predicted octanol–water partition coefficient (Wildman–Crippen LogP) is 3.76. The van der Waals surface area contributed by atoms with Crippen molar-refractivity contribution in [2.75, 3.05) is 6.61 Å². The maximum absolute atomic E-state index is 12.9. The number of esters is 1. The molecule has 0 fully saturated rings. The molecule has 0 atom stereocenters. The average Bonchev–Trinajstić information content (AvgIpc) is 3.08. The second-order valence-corrected chi connectivity index (χ2v) is 5.84. The van der Waals surface area contributed by atoms with Crippen LogP contribution in [-0.2, 0) is 16.1 Å². The number of carbonyl (C=O) groups is 1. The summed E-state index contributed by atoms with van der Waals surface area (Å²) in [6.07, 6.45) is 0. The van der Waals surface area contributed by atoms with Crippen LogP contribution in [0.25, 0.3) is 11.4 Å². The Balaban J connectivity index is 1.50. The fourth-order valence-corrected chi connectivity index (χ4v) is 2.29. The number of ether oxygens (including phenoxy) is 2. The normalized spacial score (nSPS) is 10.5. The van der Waals surface area contributed by atoms with E-state index in [4.69, 9.17) is 14.0 Å². The van der Waals surface area contributed by atoms with Crippen LogP contribution in [0.15, 0.2) is 57.5 Å². The van der Waals surface area contributed by atoms with Crippen molar-refractivity contribution in [1.29, 1.82) is 0 Å². The second-order valence-electron chi connectivity index (χ2n) is 4.93. The van der Waals surface area contributed by atoms with E-state index in [2.05, 4.69) is 26.1 Å². The summed E-state index contributed by atoms with van der Waals surface area (Å²) < 4.78 is 29.1. The Labute approximate surface area is 150 Å². The molecule has 0 saturated carbocycles. The van der Waals surface area contributed by atoms with Crippen LogP contribution in [0, 0.1) is 5.82 Å². The molecule has 0 saturated heterocycles. The third-order valence-corrected chi connectivity index (χ3v) is 3.57. The molecular weight excluding hydrogens is 395 g/mol. The van der Waals surface area contributed by atoms with Crippen molar-refractivity contribution in [3.05, 3.63) is 64.7 Å². The number of benzene rings is 2. The molecule has 0 aliphatic carbocycles. The maximum Gasteiger partial charge on any atom is 0.344 e. The number of rotatable bonds is 6. The molecule has 0 spiro atoms. The predicted molar refractivity (Wildman–Crippen MR) is 89.1 cm³/mol. The Morgan fingerprint density at radius 3 is 2.76 bits per heavy atom. The fraction of sp³-hybridized carbons (Fsp3) is 0.118. The first kappa shape index (κ1) is 17.1. The van der Waals surface area contributed by atoms with E-state index in [0.29, 0.717) is 11.3 Å². The highest BCUT2D eigenvalue weighted by atomic mass is 79.9. The number of halogens is 2. The van der Waals surface area contributed by atoms with Crippen LogP contribution in [0.4, 0.5) is 4.39 Å². The average molecular weight is 407 g/mol. The van der Waals surface area contributed by atoms with Gasteiger partial charge < -0.3 is 14.0 Å². The highest BCUT2D eigenvalue weighted by molar-refractivity contribution is 9.10. The minimum Gasteiger partial charge on any atom is -0.482 e. The lowest BCUT2D eigenvalue weighted by molar-refractivity contribution is -0.148. The first-order chi connectivity index (χ1) is 12.1. The minimum atomic E-state index is -0.568. The quantitative estimate of drug-likeness (QED) is 0.580. The SMILES string of the molecule is O=C(COc1cccc(Br)c1)OCc1nc(-c2ccc(F)cc2)no1.